The second kappa shape index (κ2) is 7.56. The number of esters is 1. The summed E-state index contributed by atoms with van der Waals surface area (Å²) in [6.45, 7) is 0.0751. The number of nitrogens with one attached hydrogen (secondary N) is 1. The zero-order chi connectivity index (χ0) is 19.8. The summed E-state index contributed by atoms with van der Waals surface area (Å²) < 4.78 is 5.34. The molecule has 1 aromatic heterocycles. The van der Waals surface area contributed by atoms with E-state index in [4.69, 9.17) is 4.74 Å². The van der Waals surface area contributed by atoms with Crippen LogP contribution in [0.25, 0.3) is 10.6 Å². The number of hydrogen-bond donors (Lipinski definition) is 1. The average Bonchev–Trinajstić information content (AvgIpc) is 3.19. The maximum absolute atomic E-state index is 12.9. The Labute approximate surface area is 174 Å². The maximum atomic E-state index is 12.9. The van der Waals surface area contributed by atoms with Crippen LogP contribution in [0.5, 0.6) is 0 Å². The molecule has 0 aliphatic heterocycles. The largest absolute Gasteiger partial charge is 0.458 e. The number of carbonyl (C=O) groups is 2. The van der Waals surface area contributed by atoms with E-state index in [0.29, 0.717) is 17.8 Å². The predicted molar refractivity (Wildman–Crippen MR) is 111 cm³/mol. The summed E-state index contributed by atoms with van der Waals surface area (Å²) in [5.41, 5.74) is 1.56. The molecule has 0 radical (unpaired) electrons. The topological polar surface area (TPSA) is 68.3 Å². The van der Waals surface area contributed by atoms with Crippen LogP contribution in [0.15, 0.2) is 35.7 Å². The van der Waals surface area contributed by atoms with Gasteiger partial charge in [-0.2, -0.15) is 0 Å². The molecule has 4 bridgehead atoms. The lowest BCUT2D eigenvalue weighted by Crippen LogP contribution is -2.54. The number of aromatic nitrogens is 1. The van der Waals surface area contributed by atoms with Crippen LogP contribution in [0.3, 0.4) is 0 Å². The van der Waals surface area contributed by atoms with Crippen LogP contribution in [0, 0.1) is 23.2 Å². The van der Waals surface area contributed by atoms with Crippen molar-refractivity contribution in [3.05, 3.63) is 41.4 Å². The Bertz CT molecular complexity index is 873. The first-order valence-corrected chi connectivity index (χ1v) is 11.4. The minimum Gasteiger partial charge on any atom is -0.458 e. The minimum atomic E-state index is -0.405. The standard InChI is InChI=1S/C23H26N2O3S/c26-20(28-13-19-14-29-21(25-19)18-4-2-1-3-5-18)12-24-22(27)23-9-15-6-16(10-23)8-17(7-15)11-23/h1-5,14-17H,6-13H2,(H,24,27). The summed E-state index contributed by atoms with van der Waals surface area (Å²) in [6, 6.07) is 9.94. The molecule has 5 nitrogen and oxygen atoms in total. The van der Waals surface area contributed by atoms with Crippen LogP contribution < -0.4 is 5.32 Å². The molecule has 1 heterocycles. The third-order valence-corrected chi connectivity index (χ3v) is 7.81. The van der Waals surface area contributed by atoms with Gasteiger partial charge in [-0.3, -0.25) is 9.59 Å². The number of ether oxygens (including phenoxy) is 1. The Morgan fingerprint density at radius 1 is 1.07 bits per heavy atom. The molecule has 4 fully saturated rings. The monoisotopic (exact) mass is 410 g/mol. The van der Waals surface area contributed by atoms with Crippen molar-refractivity contribution in [3.8, 4) is 10.6 Å². The lowest BCUT2D eigenvalue weighted by molar-refractivity contribution is -0.151. The van der Waals surface area contributed by atoms with Gasteiger partial charge in [0.05, 0.1) is 5.69 Å². The van der Waals surface area contributed by atoms with Crippen LogP contribution in [0.2, 0.25) is 0 Å². The van der Waals surface area contributed by atoms with Gasteiger partial charge >= 0.3 is 5.97 Å². The smallest absolute Gasteiger partial charge is 0.325 e. The first-order chi connectivity index (χ1) is 14.1. The quantitative estimate of drug-likeness (QED) is 0.725. The van der Waals surface area contributed by atoms with E-state index < -0.39 is 5.97 Å². The molecule has 152 valence electrons. The molecule has 6 heteroatoms. The first-order valence-electron chi connectivity index (χ1n) is 10.5. The number of carbonyl (C=O) groups excluding carboxylic acids is 2. The molecule has 4 saturated carbocycles. The number of benzene rings is 1. The highest BCUT2D eigenvalue weighted by Gasteiger charge is 2.54. The molecule has 1 amide bonds. The van der Waals surface area contributed by atoms with E-state index in [9.17, 15) is 9.59 Å². The highest BCUT2D eigenvalue weighted by atomic mass is 32.1. The van der Waals surface area contributed by atoms with Gasteiger partial charge in [-0.25, -0.2) is 4.98 Å². The molecule has 6 rings (SSSR count). The second-order valence-electron chi connectivity index (χ2n) is 9.05. The summed E-state index contributed by atoms with van der Waals surface area (Å²) in [7, 11) is 0. The molecule has 0 saturated heterocycles. The molecule has 0 spiro atoms. The van der Waals surface area contributed by atoms with Crippen molar-refractivity contribution in [3.63, 3.8) is 0 Å². The maximum Gasteiger partial charge on any atom is 0.325 e. The molecule has 0 unspecified atom stereocenters. The van der Waals surface area contributed by atoms with Crippen molar-refractivity contribution in [2.45, 2.75) is 45.1 Å². The molecule has 4 aliphatic carbocycles. The van der Waals surface area contributed by atoms with E-state index in [1.54, 1.807) is 0 Å². The molecule has 2 aromatic rings. The van der Waals surface area contributed by atoms with E-state index >= 15 is 0 Å². The van der Waals surface area contributed by atoms with Gasteiger partial charge in [0.1, 0.15) is 18.2 Å². The van der Waals surface area contributed by atoms with Gasteiger partial charge in [-0.1, -0.05) is 30.3 Å². The minimum absolute atomic E-state index is 0.0593. The van der Waals surface area contributed by atoms with E-state index in [0.717, 1.165) is 35.5 Å². The number of amides is 1. The van der Waals surface area contributed by atoms with Crippen molar-refractivity contribution in [2.75, 3.05) is 6.54 Å². The summed E-state index contributed by atoms with van der Waals surface area (Å²) in [6.07, 6.45) is 6.90. The summed E-state index contributed by atoms with van der Waals surface area (Å²) >= 11 is 1.53. The Morgan fingerprint density at radius 3 is 2.38 bits per heavy atom. The highest BCUT2D eigenvalue weighted by Crippen LogP contribution is 2.60. The van der Waals surface area contributed by atoms with Gasteiger partial charge in [0.2, 0.25) is 5.91 Å². The van der Waals surface area contributed by atoms with Crippen LogP contribution in [-0.4, -0.2) is 23.4 Å². The van der Waals surface area contributed by atoms with Crippen LogP contribution >= 0.6 is 11.3 Å². The fraction of sp³-hybridized carbons (Fsp3) is 0.522. The fourth-order valence-electron chi connectivity index (χ4n) is 6.02. The summed E-state index contributed by atoms with van der Waals surface area (Å²) in [5, 5.41) is 5.69. The number of hydrogen-bond acceptors (Lipinski definition) is 5. The van der Waals surface area contributed by atoms with E-state index in [1.165, 1.54) is 30.6 Å². The number of nitrogens with zero attached hydrogens (tertiary/aromatic N) is 1. The van der Waals surface area contributed by atoms with E-state index in [1.807, 2.05) is 35.7 Å². The Balaban J connectivity index is 1.11. The van der Waals surface area contributed by atoms with Crippen LogP contribution in [0.4, 0.5) is 0 Å². The van der Waals surface area contributed by atoms with E-state index in [-0.39, 0.29) is 24.5 Å². The molecule has 4 aliphatic rings. The number of rotatable bonds is 6. The van der Waals surface area contributed by atoms with Gasteiger partial charge in [-0.15, -0.1) is 11.3 Å². The first kappa shape index (κ1) is 18.8. The number of thiazole rings is 1. The van der Waals surface area contributed by atoms with Gasteiger partial charge in [0.15, 0.2) is 0 Å². The molecule has 1 aromatic carbocycles. The fourth-order valence-corrected chi connectivity index (χ4v) is 6.83. The second-order valence-corrected chi connectivity index (χ2v) is 9.91. The third-order valence-electron chi connectivity index (χ3n) is 6.87. The summed E-state index contributed by atoms with van der Waals surface area (Å²) in [5.74, 6) is 1.79. The zero-order valence-electron chi connectivity index (χ0n) is 16.4. The highest BCUT2D eigenvalue weighted by molar-refractivity contribution is 7.13. The SMILES string of the molecule is O=C(CNC(=O)C12CC3CC(CC(C3)C1)C2)OCc1csc(-c2ccccc2)n1. The average molecular weight is 411 g/mol. The van der Waals surface area contributed by atoms with Crippen molar-refractivity contribution in [1.82, 2.24) is 10.3 Å². The lowest BCUT2D eigenvalue weighted by atomic mass is 9.49. The van der Waals surface area contributed by atoms with Gasteiger partial charge in [-0.05, 0) is 56.3 Å². The zero-order valence-corrected chi connectivity index (χ0v) is 17.2. The van der Waals surface area contributed by atoms with Crippen molar-refractivity contribution >= 4 is 23.2 Å². The molecule has 29 heavy (non-hydrogen) atoms. The lowest BCUT2D eigenvalue weighted by Gasteiger charge is -2.55. The summed E-state index contributed by atoms with van der Waals surface area (Å²) in [4.78, 5) is 29.6. The van der Waals surface area contributed by atoms with Gasteiger partial charge < -0.3 is 10.1 Å². The Hall–Kier alpha value is -2.21. The van der Waals surface area contributed by atoms with Gasteiger partial charge in [0, 0.05) is 16.4 Å². The Morgan fingerprint density at radius 2 is 1.72 bits per heavy atom. The molecular formula is C23H26N2O3S. The van der Waals surface area contributed by atoms with Crippen LogP contribution in [-0.2, 0) is 20.9 Å². The molecule has 0 atom stereocenters. The predicted octanol–water partition coefficient (Wildman–Crippen LogP) is 4.19. The van der Waals surface area contributed by atoms with Gasteiger partial charge in [0.25, 0.3) is 0 Å². The van der Waals surface area contributed by atoms with Crippen molar-refractivity contribution < 1.29 is 14.3 Å². The van der Waals surface area contributed by atoms with E-state index in [2.05, 4.69) is 10.3 Å². The van der Waals surface area contributed by atoms with Crippen molar-refractivity contribution in [2.24, 2.45) is 23.2 Å². The van der Waals surface area contributed by atoms with Crippen molar-refractivity contribution in [1.29, 1.82) is 0 Å². The Kier molecular flexibility index (Phi) is 4.90. The molecule has 1 N–H and O–H groups in total. The third kappa shape index (κ3) is 3.82. The molecular weight excluding hydrogens is 384 g/mol. The normalized spacial score (nSPS) is 29.6. The van der Waals surface area contributed by atoms with Crippen LogP contribution in [0.1, 0.15) is 44.2 Å².